The third kappa shape index (κ3) is 5.15. The van der Waals surface area contributed by atoms with Crippen LogP contribution in [-0.2, 0) is 6.54 Å². The Hall–Kier alpha value is -2.80. The van der Waals surface area contributed by atoms with Gasteiger partial charge in [-0.05, 0) is 62.1 Å². The Balaban J connectivity index is 1.36. The topological polar surface area (TPSA) is 51.2 Å². The van der Waals surface area contributed by atoms with Crippen molar-refractivity contribution in [3.8, 4) is 17.2 Å². The summed E-state index contributed by atoms with van der Waals surface area (Å²) in [5, 5.41) is 0. The van der Waals surface area contributed by atoms with Crippen LogP contribution in [-0.4, -0.2) is 62.2 Å². The molecule has 0 unspecified atom stereocenters. The van der Waals surface area contributed by atoms with Crippen molar-refractivity contribution in [1.82, 2.24) is 9.80 Å². The van der Waals surface area contributed by atoms with Crippen LogP contribution in [0.2, 0.25) is 0 Å². The zero-order chi connectivity index (χ0) is 22.5. The van der Waals surface area contributed by atoms with Gasteiger partial charge in [-0.3, -0.25) is 9.69 Å². The van der Waals surface area contributed by atoms with E-state index in [0.717, 1.165) is 18.4 Å². The van der Waals surface area contributed by atoms with Crippen LogP contribution in [0.5, 0.6) is 17.2 Å². The fraction of sp³-hybridized carbons (Fsp3) is 0.480. The molecule has 2 aliphatic rings. The van der Waals surface area contributed by atoms with Crippen molar-refractivity contribution in [3.05, 3.63) is 53.3 Å². The lowest BCUT2D eigenvalue weighted by Gasteiger charge is -2.35. The fourth-order valence-corrected chi connectivity index (χ4v) is 4.49. The van der Waals surface area contributed by atoms with E-state index in [1.807, 2.05) is 17.0 Å². The molecule has 32 heavy (non-hydrogen) atoms. The number of amides is 1. The molecule has 1 heterocycles. The Morgan fingerprint density at radius 3 is 2.31 bits per heavy atom. The van der Waals surface area contributed by atoms with E-state index in [1.165, 1.54) is 25.0 Å². The van der Waals surface area contributed by atoms with Gasteiger partial charge in [0.2, 0.25) is 0 Å². The number of carbonyl (C=O) groups excluding carboxylic acids is 1. The average molecular weight is 443 g/mol. The highest BCUT2D eigenvalue weighted by Crippen LogP contribution is 2.33. The Morgan fingerprint density at radius 2 is 1.62 bits per heavy atom. The van der Waals surface area contributed by atoms with Gasteiger partial charge in [0, 0.05) is 43.9 Å². The van der Waals surface area contributed by atoms with Crippen LogP contribution in [0.3, 0.4) is 0 Å². The Labute approximate surface area is 188 Å². The smallest absolute Gasteiger partial charge is 0.254 e. The minimum Gasteiger partial charge on any atom is -0.496 e. The lowest BCUT2D eigenvalue weighted by molar-refractivity contribution is 0.0627. The number of nitrogens with zero attached hydrogens (tertiary/aromatic N) is 2. The van der Waals surface area contributed by atoms with Gasteiger partial charge in [0.1, 0.15) is 11.6 Å². The van der Waals surface area contributed by atoms with E-state index in [9.17, 15) is 9.18 Å². The first-order chi connectivity index (χ1) is 15.6. The van der Waals surface area contributed by atoms with Crippen molar-refractivity contribution in [2.24, 2.45) is 0 Å². The molecule has 2 fully saturated rings. The van der Waals surface area contributed by atoms with E-state index in [1.54, 1.807) is 26.4 Å². The molecule has 1 aliphatic carbocycles. The molecule has 6 nitrogen and oxygen atoms in total. The van der Waals surface area contributed by atoms with E-state index in [-0.39, 0.29) is 17.8 Å². The quantitative estimate of drug-likeness (QED) is 0.646. The summed E-state index contributed by atoms with van der Waals surface area (Å²) in [5.74, 6) is 1.68. The Kier molecular flexibility index (Phi) is 7.15. The zero-order valence-corrected chi connectivity index (χ0v) is 18.8. The summed E-state index contributed by atoms with van der Waals surface area (Å²) in [7, 11) is 3.19. The normalized spacial score (nSPS) is 17.4. The van der Waals surface area contributed by atoms with Gasteiger partial charge in [-0.25, -0.2) is 4.39 Å². The molecular weight excluding hydrogens is 411 g/mol. The number of halogens is 1. The molecule has 0 bridgehead atoms. The minimum absolute atomic E-state index is 0.0151. The highest BCUT2D eigenvalue weighted by atomic mass is 19.1. The maximum atomic E-state index is 13.7. The summed E-state index contributed by atoms with van der Waals surface area (Å²) in [6.07, 6.45) is 4.75. The van der Waals surface area contributed by atoms with Crippen LogP contribution < -0.4 is 14.2 Å². The predicted octanol–water partition coefficient (Wildman–Crippen LogP) is 4.12. The van der Waals surface area contributed by atoms with E-state index < -0.39 is 0 Å². The third-order valence-corrected chi connectivity index (χ3v) is 6.30. The molecule has 1 amide bonds. The number of methoxy groups -OCH3 is 2. The summed E-state index contributed by atoms with van der Waals surface area (Å²) in [6, 6.07) is 10.00. The number of benzene rings is 2. The Bertz CT molecular complexity index is 938. The molecule has 0 aromatic heterocycles. The summed E-state index contributed by atoms with van der Waals surface area (Å²) in [5.41, 5.74) is 1.41. The van der Waals surface area contributed by atoms with Crippen molar-refractivity contribution in [1.29, 1.82) is 0 Å². The highest BCUT2D eigenvalue weighted by Gasteiger charge is 2.25. The van der Waals surface area contributed by atoms with E-state index >= 15 is 0 Å². The van der Waals surface area contributed by atoms with Crippen LogP contribution in [0, 0.1) is 5.82 Å². The van der Waals surface area contributed by atoms with Crippen LogP contribution in [0.15, 0.2) is 36.4 Å². The predicted molar refractivity (Wildman–Crippen MR) is 120 cm³/mol. The molecular formula is C25H31FN2O4. The fourth-order valence-electron chi connectivity index (χ4n) is 4.49. The molecule has 2 aromatic carbocycles. The van der Waals surface area contributed by atoms with Crippen molar-refractivity contribution < 1.29 is 23.4 Å². The van der Waals surface area contributed by atoms with Gasteiger partial charge < -0.3 is 19.1 Å². The van der Waals surface area contributed by atoms with Gasteiger partial charge in [0.25, 0.3) is 5.91 Å². The zero-order valence-electron chi connectivity index (χ0n) is 18.8. The maximum absolute atomic E-state index is 13.7. The summed E-state index contributed by atoms with van der Waals surface area (Å²) >= 11 is 0. The lowest BCUT2D eigenvalue weighted by Crippen LogP contribution is -2.48. The number of piperazine rings is 1. The first-order valence-corrected chi connectivity index (χ1v) is 11.3. The van der Waals surface area contributed by atoms with Crippen molar-refractivity contribution in [2.45, 2.75) is 38.3 Å². The van der Waals surface area contributed by atoms with Gasteiger partial charge in [-0.2, -0.15) is 0 Å². The number of carbonyl (C=O) groups is 1. The second kappa shape index (κ2) is 10.2. The highest BCUT2D eigenvalue weighted by molar-refractivity contribution is 5.95. The van der Waals surface area contributed by atoms with Gasteiger partial charge in [0.15, 0.2) is 11.5 Å². The minimum atomic E-state index is -0.274. The van der Waals surface area contributed by atoms with Crippen molar-refractivity contribution in [2.75, 3.05) is 40.4 Å². The SMILES string of the molecule is COc1ccc(F)cc1CN1CCN(C(=O)c2ccc(OC3CCCC3)c(OC)c2)CC1. The summed E-state index contributed by atoms with van der Waals surface area (Å²) < 4.78 is 30.6. The molecule has 0 atom stereocenters. The molecule has 1 saturated heterocycles. The first kappa shape index (κ1) is 22.4. The van der Waals surface area contributed by atoms with E-state index in [2.05, 4.69) is 4.90 Å². The van der Waals surface area contributed by atoms with Crippen LogP contribution in [0.1, 0.15) is 41.6 Å². The van der Waals surface area contributed by atoms with Gasteiger partial charge in [-0.1, -0.05) is 0 Å². The maximum Gasteiger partial charge on any atom is 0.254 e. The van der Waals surface area contributed by atoms with E-state index in [0.29, 0.717) is 55.5 Å². The standard InChI is InChI=1S/C25H31FN2O4/c1-30-22-10-8-20(26)15-19(22)17-27-11-13-28(14-12-27)25(29)18-7-9-23(24(16-18)31-2)32-21-5-3-4-6-21/h7-10,15-16,21H,3-6,11-14,17H2,1-2H3. The number of rotatable bonds is 7. The average Bonchev–Trinajstić information content (AvgIpc) is 3.33. The monoisotopic (exact) mass is 442 g/mol. The van der Waals surface area contributed by atoms with Crippen LogP contribution in [0.4, 0.5) is 4.39 Å². The molecule has 1 saturated carbocycles. The lowest BCUT2D eigenvalue weighted by atomic mass is 10.1. The molecule has 0 spiro atoms. The molecule has 172 valence electrons. The largest absolute Gasteiger partial charge is 0.496 e. The van der Waals surface area contributed by atoms with Crippen LogP contribution >= 0.6 is 0 Å². The molecule has 4 rings (SSSR count). The molecule has 7 heteroatoms. The number of ether oxygens (including phenoxy) is 3. The van der Waals surface area contributed by atoms with Crippen molar-refractivity contribution in [3.63, 3.8) is 0 Å². The Morgan fingerprint density at radius 1 is 0.938 bits per heavy atom. The second-order valence-electron chi connectivity index (χ2n) is 8.41. The molecule has 1 aliphatic heterocycles. The van der Waals surface area contributed by atoms with Crippen molar-refractivity contribution >= 4 is 5.91 Å². The first-order valence-electron chi connectivity index (χ1n) is 11.3. The van der Waals surface area contributed by atoms with E-state index in [4.69, 9.17) is 14.2 Å². The summed E-state index contributed by atoms with van der Waals surface area (Å²) in [4.78, 5) is 17.1. The molecule has 0 radical (unpaired) electrons. The third-order valence-electron chi connectivity index (χ3n) is 6.30. The van der Waals surface area contributed by atoms with Crippen LogP contribution in [0.25, 0.3) is 0 Å². The number of hydrogen-bond acceptors (Lipinski definition) is 5. The van der Waals surface area contributed by atoms with Gasteiger partial charge >= 0.3 is 0 Å². The molecule has 2 aromatic rings. The summed E-state index contributed by atoms with van der Waals surface area (Å²) in [6.45, 7) is 3.24. The van der Waals surface area contributed by atoms with Gasteiger partial charge in [-0.15, -0.1) is 0 Å². The number of hydrogen-bond donors (Lipinski definition) is 0. The molecule has 0 N–H and O–H groups in total. The second-order valence-corrected chi connectivity index (χ2v) is 8.41. The van der Waals surface area contributed by atoms with Gasteiger partial charge in [0.05, 0.1) is 20.3 Å².